The van der Waals surface area contributed by atoms with E-state index in [4.69, 9.17) is 0 Å². The van der Waals surface area contributed by atoms with Gasteiger partial charge in [0.2, 0.25) is 0 Å². The zero-order valence-corrected chi connectivity index (χ0v) is 3.44. The summed E-state index contributed by atoms with van der Waals surface area (Å²) in [6, 6.07) is 0. The van der Waals surface area contributed by atoms with Gasteiger partial charge in [0.25, 0.3) is 0 Å². The first-order valence-electron chi connectivity index (χ1n) is 0.742. The molecule has 0 aliphatic heterocycles. The molecule has 0 aromatic carbocycles. The van der Waals surface area contributed by atoms with Crippen molar-refractivity contribution in [2.45, 2.75) is 0 Å². The van der Waals surface area contributed by atoms with Crippen LogP contribution in [0.4, 0.5) is 0 Å². The third-order valence-corrected chi connectivity index (χ3v) is 0. The van der Waals surface area contributed by atoms with Crippen molar-refractivity contribution in [3.05, 3.63) is 0 Å². The maximum Gasteiger partial charge on any atom is 1.00 e. The SMILES string of the molecule is [B-]N.[B-][NH3+].[Li+]. The fourth-order valence-electron chi connectivity index (χ4n) is 0. The average molecular weight is 61.6 g/mol. The molecule has 0 aliphatic rings. The molecule has 0 atom stereocenters. The molecule has 0 heterocycles. The number of rotatable bonds is 0. The minimum atomic E-state index is 0. The summed E-state index contributed by atoms with van der Waals surface area (Å²) in [4.78, 5) is 0. The summed E-state index contributed by atoms with van der Waals surface area (Å²) < 4.78 is 0. The van der Waals surface area contributed by atoms with E-state index in [0.717, 1.165) is 0 Å². The summed E-state index contributed by atoms with van der Waals surface area (Å²) in [5.74, 6) is 0. The van der Waals surface area contributed by atoms with E-state index in [2.05, 4.69) is 27.3 Å². The first-order valence-corrected chi connectivity index (χ1v) is 0.742. The van der Waals surface area contributed by atoms with Crippen LogP contribution in [0.5, 0.6) is 0 Å². The van der Waals surface area contributed by atoms with E-state index in [-0.39, 0.29) is 18.9 Å². The third-order valence-electron chi connectivity index (χ3n) is 0. The Morgan fingerprint density at radius 2 is 1.20 bits per heavy atom. The van der Waals surface area contributed by atoms with Crippen LogP contribution in [0.15, 0.2) is 0 Å². The summed E-state index contributed by atoms with van der Waals surface area (Å²) >= 11 is 0. The van der Waals surface area contributed by atoms with Gasteiger partial charge in [0.15, 0.2) is 0 Å². The van der Waals surface area contributed by atoms with E-state index in [1.54, 1.807) is 0 Å². The smallest absolute Gasteiger partial charge is 0.619 e. The van der Waals surface area contributed by atoms with Crippen molar-refractivity contribution >= 4 is 16.0 Å². The molecule has 0 rings (SSSR count). The quantitative estimate of drug-likeness (QED) is 0.270. The Kier molecular flexibility index (Phi) is 514. The van der Waals surface area contributed by atoms with Gasteiger partial charge in [0, 0.05) is 0 Å². The summed E-state index contributed by atoms with van der Waals surface area (Å²) in [6.45, 7) is 0. The number of quaternary nitrogens is 1. The van der Waals surface area contributed by atoms with Gasteiger partial charge in [0.1, 0.15) is 0 Å². The Bertz CT molecular complexity index is 7.61. The molecule has 0 saturated carbocycles. The molecule has 5 heavy (non-hydrogen) atoms. The van der Waals surface area contributed by atoms with Crippen LogP contribution < -0.4 is 30.1 Å². The van der Waals surface area contributed by atoms with Crippen LogP contribution in [-0.4, -0.2) is 16.0 Å². The van der Waals surface area contributed by atoms with Crippen LogP contribution in [0.2, 0.25) is 0 Å². The molecule has 0 aliphatic carbocycles. The van der Waals surface area contributed by atoms with Crippen molar-refractivity contribution in [1.82, 2.24) is 0 Å². The van der Waals surface area contributed by atoms with Crippen LogP contribution in [0.3, 0.4) is 0 Å². The van der Waals surface area contributed by atoms with E-state index in [0.29, 0.717) is 0 Å². The maximum absolute atomic E-state index is 4.25. The normalized spacial score (nSPS) is 2.40. The van der Waals surface area contributed by atoms with Crippen molar-refractivity contribution < 1.29 is 24.5 Å². The van der Waals surface area contributed by atoms with Crippen LogP contribution in [0, 0.1) is 0 Å². The summed E-state index contributed by atoms with van der Waals surface area (Å²) in [6.07, 6.45) is 0. The van der Waals surface area contributed by atoms with E-state index in [1.807, 2.05) is 0 Å². The minimum Gasteiger partial charge on any atom is -0.619 e. The molecule has 2 nitrogen and oxygen atoms in total. The molecule has 0 saturated heterocycles. The van der Waals surface area contributed by atoms with Crippen LogP contribution in [0.25, 0.3) is 0 Å². The topological polar surface area (TPSA) is 53.7 Å². The van der Waals surface area contributed by atoms with Crippen LogP contribution in [-0.2, 0) is 0 Å². The maximum atomic E-state index is 4.25. The molecule has 5 heteroatoms. The fraction of sp³-hybridized carbons (Fsp3) is 0. The Labute approximate surface area is 46.7 Å². The molecule has 0 aromatic heterocycles. The number of nitrogens with two attached hydrogens (primary N) is 1. The second-order valence-corrected chi connectivity index (χ2v) is 0. The van der Waals surface area contributed by atoms with Gasteiger partial charge in [-0.2, -0.15) is 0 Å². The van der Waals surface area contributed by atoms with Crippen molar-refractivity contribution in [3.63, 3.8) is 0 Å². The fourth-order valence-corrected chi connectivity index (χ4v) is 0. The molecule has 0 bridgehead atoms. The molecule has 0 spiro atoms. The van der Waals surface area contributed by atoms with Crippen LogP contribution in [0.1, 0.15) is 0 Å². The molecule has 6 radical (unpaired) electrons. The van der Waals surface area contributed by atoms with Gasteiger partial charge in [-0.05, 0) is 0 Å². The zero-order chi connectivity index (χ0) is 4.00. The Hall–Kier alpha value is 0.647. The van der Waals surface area contributed by atoms with E-state index in [9.17, 15) is 0 Å². The van der Waals surface area contributed by atoms with Gasteiger partial charge in [-0.1, -0.05) is 0 Å². The van der Waals surface area contributed by atoms with Gasteiger partial charge in [0.05, 0.1) is 0 Å². The predicted octanol–water partition coefficient (Wildman–Crippen LogP) is -5.66. The summed E-state index contributed by atoms with van der Waals surface area (Å²) in [7, 11) is 8.25. The third kappa shape index (κ3) is 77.7. The molecular weight excluding hydrogens is 56.6 g/mol. The van der Waals surface area contributed by atoms with Crippen molar-refractivity contribution in [2.24, 2.45) is 5.64 Å². The molecule has 0 aromatic rings. The Morgan fingerprint density at radius 3 is 1.20 bits per heavy atom. The second-order valence-electron chi connectivity index (χ2n) is 0. The summed E-state index contributed by atoms with van der Waals surface area (Å²) in [5, 5.41) is 0. The van der Waals surface area contributed by atoms with Gasteiger partial charge in [-0.15, -0.1) is 0 Å². The van der Waals surface area contributed by atoms with E-state index >= 15 is 0 Å². The number of hydrogen-bond acceptors (Lipinski definition) is 1. The van der Waals surface area contributed by atoms with Crippen molar-refractivity contribution in [3.8, 4) is 0 Å². The Balaban J connectivity index is -0.0000000133. The summed E-state index contributed by atoms with van der Waals surface area (Å²) in [5.41, 5.74) is 6.75. The minimum absolute atomic E-state index is 0. The van der Waals surface area contributed by atoms with E-state index in [1.165, 1.54) is 0 Å². The number of hydrogen-bond donors (Lipinski definition) is 2. The first-order chi connectivity index (χ1) is 2.00. The van der Waals surface area contributed by atoms with Crippen molar-refractivity contribution in [2.75, 3.05) is 0 Å². The predicted molar refractivity (Wildman–Crippen MR) is 18.6 cm³/mol. The molecule has 0 unspecified atom stereocenters. The average Bonchev–Trinajstić information content (AvgIpc) is 1.50. The molecule has 0 amide bonds. The molecule has 22 valence electrons. The Morgan fingerprint density at radius 1 is 1.20 bits per heavy atom. The van der Waals surface area contributed by atoms with Gasteiger partial charge < -0.3 is 19.3 Å². The largest absolute Gasteiger partial charge is 1.00 e. The molecule has 0 fully saturated rings. The standard InChI is InChI=1S/BH3N.BH2N.Li/c2*1-2;/h2H3;2H2;/q;-1;+1. The monoisotopic (exact) mass is 62.1 g/mol. The van der Waals surface area contributed by atoms with E-state index < -0.39 is 0 Å². The second kappa shape index (κ2) is 148. The molecule has 5 N–H and O–H groups in total. The first kappa shape index (κ1) is 17.4. The van der Waals surface area contributed by atoms with Crippen LogP contribution >= 0.6 is 0 Å². The molecular formula is H5B2LiN2. The van der Waals surface area contributed by atoms with Crippen molar-refractivity contribution in [1.29, 1.82) is 0 Å². The van der Waals surface area contributed by atoms with Gasteiger partial charge in [-0.3, -0.25) is 0 Å². The van der Waals surface area contributed by atoms with Gasteiger partial charge in [-0.25, -0.2) is 7.98 Å². The zero-order valence-electron chi connectivity index (χ0n) is 3.44. The van der Waals surface area contributed by atoms with Gasteiger partial charge >= 0.3 is 18.9 Å².